The zero-order valence-corrected chi connectivity index (χ0v) is 19.3. The predicted octanol–water partition coefficient (Wildman–Crippen LogP) is 3.72. The van der Waals surface area contributed by atoms with Crippen molar-refractivity contribution < 1.29 is 0 Å². The van der Waals surface area contributed by atoms with E-state index in [0.717, 1.165) is 30.7 Å². The molecule has 1 unspecified atom stereocenters. The number of rotatable bonds is 7. The van der Waals surface area contributed by atoms with Crippen molar-refractivity contribution in [2.24, 2.45) is 12.0 Å². The van der Waals surface area contributed by atoms with Crippen LogP contribution in [0.1, 0.15) is 48.6 Å². The number of nitrogens with one attached hydrogen (secondary N) is 2. The van der Waals surface area contributed by atoms with Gasteiger partial charge in [0.2, 0.25) is 0 Å². The van der Waals surface area contributed by atoms with Crippen LogP contribution in [0.2, 0.25) is 0 Å². The number of anilines is 1. The van der Waals surface area contributed by atoms with Gasteiger partial charge in [0, 0.05) is 25.8 Å². The van der Waals surface area contributed by atoms with Gasteiger partial charge in [-0.2, -0.15) is 0 Å². The van der Waals surface area contributed by atoms with Crippen LogP contribution in [0.15, 0.2) is 59.6 Å². The van der Waals surface area contributed by atoms with E-state index < -0.39 is 0 Å². The third kappa shape index (κ3) is 5.46. The minimum absolute atomic E-state index is 0.112. The number of guanidine groups is 1. The largest absolute Gasteiger partial charge is 0.372 e. The lowest BCUT2D eigenvalue weighted by atomic mass is 10.1. The van der Waals surface area contributed by atoms with Gasteiger partial charge in [0.1, 0.15) is 5.82 Å². The van der Waals surface area contributed by atoms with Crippen LogP contribution in [0.3, 0.4) is 0 Å². The van der Waals surface area contributed by atoms with E-state index in [0.29, 0.717) is 13.1 Å². The molecule has 2 aromatic carbocycles. The first-order valence-corrected chi connectivity index (χ1v) is 11.4. The van der Waals surface area contributed by atoms with Gasteiger partial charge < -0.3 is 20.1 Å². The topological polar surface area (TPSA) is 70.4 Å². The Morgan fingerprint density at radius 1 is 1.06 bits per heavy atom. The maximum absolute atomic E-state index is 4.84. The van der Waals surface area contributed by atoms with Crippen LogP contribution in [0.25, 0.3) is 0 Å². The molecule has 7 heteroatoms. The Hall–Kier alpha value is -3.35. The highest BCUT2D eigenvalue weighted by atomic mass is 15.3. The van der Waals surface area contributed by atoms with Crippen LogP contribution in [0.4, 0.5) is 5.69 Å². The summed E-state index contributed by atoms with van der Waals surface area (Å²) in [5, 5.41) is 15.4. The molecule has 7 nitrogen and oxygen atoms in total. The predicted molar refractivity (Wildman–Crippen MR) is 130 cm³/mol. The fourth-order valence-corrected chi connectivity index (χ4v) is 3.93. The van der Waals surface area contributed by atoms with Crippen molar-refractivity contribution in [1.82, 2.24) is 25.4 Å². The molecule has 0 aliphatic carbocycles. The van der Waals surface area contributed by atoms with Crippen molar-refractivity contribution >= 4 is 11.6 Å². The molecule has 0 spiro atoms. The first-order valence-electron chi connectivity index (χ1n) is 11.4. The van der Waals surface area contributed by atoms with E-state index >= 15 is 0 Å². The molecule has 1 aliphatic heterocycles. The van der Waals surface area contributed by atoms with Crippen molar-refractivity contribution in [3.63, 3.8) is 0 Å². The van der Waals surface area contributed by atoms with Crippen LogP contribution < -0.4 is 15.5 Å². The molecule has 1 saturated heterocycles. The lowest BCUT2D eigenvalue weighted by Gasteiger charge is -2.22. The fraction of sp³-hybridized carbons (Fsp3) is 0.400. The summed E-state index contributed by atoms with van der Waals surface area (Å²) >= 11 is 0. The number of hydrogen-bond donors (Lipinski definition) is 2. The number of aliphatic imine (C=N–C) groups is 1. The van der Waals surface area contributed by atoms with Crippen molar-refractivity contribution in [3.8, 4) is 0 Å². The summed E-state index contributed by atoms with van der Waals surface area (Å²) in [5.74, 6) is 2.53. The third-order valence-corrected chi connectivity index (χ3v) is 6.05. The number of aryl methyl sites for hydroxylation is 1. The summed E-state index contributed by atoms with van der Waals surface area (Å²) in [6, 6.07) is 19.2. The minimum Gasteiger partial charge on any atom is -0.372 e. The van der Waals surface area contributed by atoms with Crippen LogP contribution in [-0.4, -0.2) is 33.8 Å². The van der Waals surface area contributed by atoms with Gasteiger partial charge in [-0.3, -0.25) is 0 Å². The molecule has 0 amide bonds. The molecule has 32 heavy (non-hydrogen) atoms. The molecule has 2 heterocycles. The molecular weight excluding hydrogens is 398 g/mol. The highest BCUT2D eigenvalue weighted by molar-refractivity contribution is 5.80. The second-order valence-electron chi connectivity index (χ2n) is 8.38. The van der Waals surface area contributed by atoms with Gasteiger partial charge in [-0.15, -0.1) is 10.2 Å². The number of benzene rings is 2. The lowest BCUT2D eigenvalue weighted by Crippen LogP contribution is -2.39. The van der Waals surface area contributed by atoms with Crippen LogP contribution in [0, 0.1) is 6.92 Å². The van der Waals surface area contributed by atoms with Gasteiger partial charge in [0.15, 0.2) is 11.8 Å². The van der Waals surface area contributed by atoms with Crippen LogP contribution in [-0.2, 0) is 20.1 Å². The Labute approximate surface area is 190 Å². The van der Waals surface area contributed by atoms with Crippen molar-refractivity contribution in [1.29, 1.82) is 0 Å². The first-order chi connectivity index (χ1) is 15.6. The summed E-state index contributed by atoms with van der Waals surface area (Å²) in [6.45, 7) is 7.58. The van der Waals surface area contributed by atoms with Gasteiger partial charge in [0.25, 0.3) is 0 Å². The molecule has 0 radical (unpaired) electrons. The molecule has 4 rings (SSSR count). The van der Waals surface area contributed by atoms with Crippen molar-refractivity contribution in [2.75, 3.05) is 18.0 Å². The number of nitrogens with zero attached hydrogens (tertiary/aromatic N) is 5. The van der Waals surface area contributed by atoms with E-state index in [-0.39, 0.29) is 6.04 Å². The maximum atomic E-state index is 4.84. The Morgan fingerprint density at radius 3 is 2.56 bits per heavy atom. The zero-order chi connectivity index (χ0) is 22.3. The maximum Gasteiger partial charge on any atom is 0.192 e. The highest BCUT2D eigenvalue weighted by Gasteiger charge is 2.15. The molecule has 1 fully saturated rings. The molecule has 1 aromatic heterocycles. The highest BCUT2D eigenvalue weighted by Crippen LogP contribution is 2.24. The second kappa shape index (κ2) is 10.3. The Kier molecular flexibility index (Phi) is 7.04. The van der Waals surface area contributed by atoms with Gasteiger partial charge >= 0.3 is 0 Å². The van der Waals surface area contributed by atoms with Crippen molar-refractivity contribution in [2.45, 2.75) is 45.8 Å². The number of aromatic nitrogens is 3. The Bertz CT molecular complexity index is 1040. The molecule has 0 bridgehead atoms. The molecule has 2 N–H and O–H groups in total. The standard InChI is InChI=1S/C25H33N7/c1-19(22-12-9-13-23(16-22)32-14-7-8-15-32)28-25(26-17-21-10-5-4-6-11-21)27-18-24-30-29-20(2)31(24)3/h4-6,9-13,16,19H,7-8,14-15,17-18H2,1-3H3,(H2,26,27,28). The number of hydrogen-bond acceptors (Lipinski definition) is 4. The van der Waals surface area contributed by atoms with Crippen molar-refractivity contribution in [3.05, 3.63) is 77.4 Å². The van der Waals surface area contributed by atoms with E-state index in [9.17, 15) is 0 Å². The average Bonchev–Trinajstić information content (AvgIpc) is 3.47. The SMILES string of the molecule is Cc1nnc(CNC(=NCc2ccccc2)NC(C)c2cccc(N3CCCC3)c2)n1C. The summed E-state index contributed by atoms with van der Waals surface area (Å²) in [5.41, 5.74) is 3.73. The second-order valence-corrected chi connectivity index (χ2v) is 8.38. The van der Waals surface area contributed by atoms with Gasteiger partial charge in [-0.25, -0.2) is 4.99 Å². The zero-order valence-electron chi connectivity index (χ0n) is 19.3. The molecule has 168 valence electrons. The molecule has 0 saturated carbocycles. The quantitative estimate of drug-likeness (QED) is 0.441. The fourth-order valence-electron chi connectivity index (χ4n) is 3.93. The Morgan fingerprint density at radius 2 is 1.84 bits per heavy atom. The monoisotopic (exact) mass is 431 g/mol. The summed E-state index contributed by atoms with van der Waals surface area (Å²) in [6.07, 6.45) is 2.56. The first kappa shape index (κ1) is 21.9. The molecule has 1 aliphatic rings. The van der Waals surface area contributed by atoms with Gasteiger partial charge in [-0.1, -0.05) is 42.5 Å². The van der Waals surface area contributed by atoms with E-state index in [1.54, 1.807) is 0 Å². The lowest BCUT2D eigenvalue weighted by molar-refractivity contribution is 0.663. The van der Waals surface area contributed by atoms with E-state index in [4.69, 9.17) is 4.99 Å². The normalized spacial score (nSPS) is 15.1. The summed E-state index contributed by atoms with van der Waals surface area (Å²) in [4.78, 5) is 7.30. The van der Waals surface area contributed by atoms with Gasteiger partial charge in [-0.05, 0) is 49.9 Å². The summed E-state index contributed by atoms with van der Waals surface area (Å²) in [7, 11) is 1.98. The van der Waals surface area contributed by atoms with E-state index in [1.807, 2.05) is 36.7 Å². The van der Waals surface area contributed by atoms with E-state index in [2.05, 4.69) is 69.1 Å². The Balaban J connectivity index is 1.48. The molecule has 3 aromatic rings. The third-order valence-electron chi connectivity index (χ3n) is 6.05. The summed E-state index contributed by atoms with van der Waals surface area (Å²) < 4.78 is 1.99. The van der Waals surface area contributed by atoms with Crippen LogP contribution in [0.5, 0.6) is 0 Å². The van der Waals surface area contributed by atoms with E-state index in [1.165, 1.54) is 29.7 Å². The molecular formula is C25H33N7. The van der Waals surface area contributed by atoms with Gasteiger partial charge in [0.05, 0.1) is 19.1 Å². The average molecular weight is 432 g/mol. The molecule has 1 atom stereocenters. The minimum atomic E-state index is 0.112. The smallest absolute Gasteiger partial charge is 0.192 e. The van der Waals surface area contributed by atoms with Crippen LogP contribution >= 0.6 is 0 Å².